The number of amides is 1. The molecule has 0 saturated carbocycles. The van der Waals surface area contributed by atoms with Gasteiger partial charge in [-0.1, -0.05) is 39.4 Å². The number of nitrogens with one attached hydrogen (secondary N) is 1. The summed E-state index contributed by atoms with van der Waals surface area (Å²) >= 11 is 6.47. The van der Waals surface area contributed by atoms with Crippen molar-refractivity contribution < 1.29 is 4.79 Å². The van der Waals surface area contributed by atoms with Crippen LogP contribution in [0, 0.1) is 0 Å². The summed E-state index contributed by atoms with van der Waals surface area (Å²) in [6, 6.07) is 1.99. The van der Waals surface area contributed by atoms with Gasteiger partial charge in [0, 0.05) is 21.5 Å². The summed E-state index contributed by atoms with van der Waals surface area (Å²) in [5.74, 6) is -0.280. The van der Waals surface area contributed by atoms with Crippen LogP contribution in [-0.2, 0) is 15.3 Å². The van der Waals surface area contributed by atoms with Gasteiger partial charge in [-0.05, 0) is 17.0 Å². The first-order valence-corrected chi connectivity index (χ1v) is 8.84. The van der Waals surface area contributed by atoms with E-state index in [0.29, 0.717) is 0 Å². The van der Waals surface area contributed by atoms with Gasteiger partial charge in [-0.25, -0.2) is 0 Å². The summed E-state index contributed by atoms with van der Waals surface area (Å²) in [6.45, 7) is 0. The van der Waals surface area contributed by atoms with Gasteiger partial charge in [0.2, 0.25) is 5.91 Å². The zero-order valence-corrected chi connectivity index (χ0v) is 16.4. The second-order valence-electron chi connectivity index (χ2n) is 8.86. The minimum Gasteiger partial charge on any atom is -0.370 e. The Kier molecular flexibility index (Phi) is 3.70. The van der Waals surface area contributed by atoms with Crippen molar-refractivity contribution in [3.05, 3.63) is 22.3 Å². The lowest BCUT2D eigenvalue weighted by Gasteiger charge is -2.52. The van der Waals surface area contributed by atoms with E-state index in [1.807, 2.05) is 13.9 Å². The number of halogens is 1. The number of benzene rings is 1. The normalized spacial score (nSPS) is 24.5. The van der Waals surface area contributed by atoms with Crippen molar-refractivity contribution in [3.63, 3.8) is 0 Å². The number of aromatic nitrogens is 1. The van der Waals surface area contributed by atoms with Crippen LogP contribution in [0.5, 0.6) is 0 Å². The molecule has 2 aromatic rings. The summed E-state index contributed by atoms with van der Waals surface area (Å²) < 4.78 is 0. The molecule has 0 spiro atoms. The molecule has 1 amide bonds. The molecule has 1 aliphatic rings. The van der Waals surface area contributed by atoms with E-state index < -0.39 is 5.31 Å². The summed E-state index contributed by atoms with van der Waals surface area (Å²) in [5.41, 5.74) is 11.3. The molecular formula is C13H20B7ClN2O. The average molecular weight is 331 g/mol. The van der Waals surface area contributed by atoms with Gasteiger partial charge in [0.1, 0.15) is 54.9 Å². The summed E-state index contributed by atoms with van der Waals surface area (Å²) in [4.78, 5) is 16.1. The monoisotopic (exact) mass is 332 g/mol. The molecule has 0 bridgehead atoms. The van der Waals surface area contributed by atoms with E-state index in [9.17, 15) is 4.79 Å². The number of H-pyrrole nitrogens is 1. The predicted octanol–water partition coefficient (Wildman–Crippen LogP) is -6.14. The summed E-state index contributed by atoms with van der Waals surface area (Å²) in [7, 11) is 14.9. The number of hydrogen-bond acceptors (Lipinski definition) is 1. The molecule has 11 heteroatoms. The van der Waals surface area contributed by atoms with Crippen LogP contribution in [-0.4, -0.2) is 65.8 Å². The Balaban J connectivity index is 2.56. The van der Waals surface area contributed by atoms with Gasteiger partial charge < -0.3 is 10.7 Å². The Morgan fingerprint density at radius 3 is 2.33 bits per heavy atom. The number of fused-ring (bicyclic) bond motifs is 3. The number of primary amides is 1. The Labute approximate surface area is 154 Å². The fourth-order valence-corrected chi connectivity index (χ4v) is 5.14. The number of nitrogens with two attached hydrogens (primary N) is 1. The molecule has 1 heterocycles. The standard InChI is InChI=1S/C13H20B7ClN2O/c14-3-1-4(21)7(15)5-6-9(23-8(3)5)13(20,10(22)24)12(18,19)2-11(6,16)17/h1,23H,2,14-20H2,(H2,22,24). The van der Waals surface area contributed by atoms with E-state index in [4.69, 9.17) is 17.3 Å². The van der Waals surface area contributed by atoms with Crippen LogP contribution in [0.3, 0.4) is 0 Å². The minimum absolute atomic E-state index is 0.0755. The van der Waals surface area contributed by atoms with Gasteiger partial charge in [-0.2, -0.15) is 0 Å². The highest BCUT2D eigenvalue weighted by molar-refractivity contribution is 6.56. The fraction of sp³-hybridized carbons (Fsp3) is 0.308. The molecule has 0 aliphatic heterocycles. The van der Waals surface area contributed by atoms with Crippen LogP contribution in [0.25, 0.3) is 10.9 Å². The highest BCUT2D eigenvalue weighted by atomic mass is 35.5. The number of aromatic amines is 1. The van der Waals surface area contributed by atoms with Gasteiger partial charge in [-0.3, -0.25) is 4.79 Å². The van der Waals surface area contributed by atoms with Gasteiger partial charge >= 0.3 is 0 Å². The first-order valence-electron chi connectivity index (χ1n) is 8.47. The van der Waals surface area contributed by atoms with Crippen molar-refractivity contribution in [2.24, 2.45) is 5.73 Å². The first kappa shape index (κ1) is 17.8. The van der Waals surface area contributed by atoms with Crippen molar-refractivity contribution in [1.82, 2.24) is 4.98 Å². The topological polar surface area (TPSA) is 58.9 Å². The quantitative estimate of drug-likeness (QED) is 0.502. The highest BCUT2D eigenvalue weighted by Crippen LogP contribution is 2.55. The smallest absolute Gasteiger partial charge is 0.220 e. The minimum atomic E-state index is -0.748. The maximum Gasteiger partial charge on any atom is 0.220 e. The fourth-order valence-electron chi connectivity index (χ4n) is 4.88. The largest absolute Gasteiger partial charge is 0.370 e. The zero-order chi connectivity index (χ0) is 18.2. The lowest BCUT2D eigenvalue weighted by atomic mass is 9.25. The Hall–Kier alpha value is -1.03. The molecule has 1 aromatic heterocycles. The molecule has 3 N–H and O–H groups in total. The van der Waals surface area contributed by atoms with Crippen LogP contribution in [0.15, 0.2) is 6.07 Å². The molecule has 1 unspecified atom stereocenters. The number of carbonyl (C=O) groups excluding carboxylic acids is 1. The molecule has 0 radical (unpaired) electrons. The third kappa shape index (κ3) is 2.04. The van der Waals surface area contributed by atoms with E-state index >= 15 is 0 Å². The van der Waals surface area contributed by atoms with Gasteiger partial charge in [0.15, 0.2) is 0 Å². The van der Waals surface area contributed by atoms with Crippen molar-refractivity contribution in [3.8, 4) is 0 Å². The molecule has 0 fully saturated rings. The van der Waals surface area contributed by atoms with Crippen molar-refractivity contribution in [2.45, 2.75) is 22.2 Å². The first-order chi connectivity index (χ1) is 10.8. The van der Waals surface area contributed by atoms with E-state index in [0.717, 1.165) is 39.0 Å². The van der Waals surface area contributed by atoms with Gasteiger partial charge in [-0.15, -0.1) is 0 Å². The van der Waals surface area contributed by atoms with Crippen molar-refractivity contribution in [1.29, 1.82) is 0 Å². The molecule has 116 valence electrons. The van der Waals surface area contributed by atoms with Crippen LogP contribution in [0.4, 0.5) is 0 Å². The van der Waals surface area contributed by atoms with Gasteiger partial charge in [0.05, 0.1) is 0 Å². The molecule has 1 aliphatic carbocycles. The molecule has 1 atom stereocenters. The van der Waals surface area contributed by atoms with Crippen LogP contribution in [0.1, 0.15) is 17.7 Å². The Bertz CT molecular complexity index is 894. The zero-order valence-electron chi connectivity index (χ0n) is 15.6. The lowest BCUT2D eigenvalue weighted by molar-refractivity contribution is -0.121. The SMILES string of the molecule is Bc1cc(Cl)c(B)c2c3c([nH]c12)C(B)(C(N)=O)C(B)(B)CC3(B)B. The predicted molar refractivity (Wildman–Crippen MR) is 122 cm³/mol. The van der Waals surface area contributed by atoms with E-state index in [1.165, 1.54) is 5.56 Å². The van der Waals surface area contributed by atoms with E-state index in [-0.39, 0.29) is 16.3 Å². The Morgan fingerprint density at radius 1 is 1.21 bits per heavy atom. The highest BCUT2D eigenvalue weighted by Gasteiger charge is 2.55. The molecule has 1 aromatic carbocycles. The molecule has 24 heavy (non-hydrogen) atoms. The number of carbonyl (C=O) groups is 1. The van der Waals surface area contributed by atoms with E-state index in [2.05, 4.69) is 52.1 Å². The second-order valence-corrected chi connectivity index (χ2v) is 9.27. The molecular weight excluding hydrogens is 311 g/mol. The van der Waals surface area contributed by atoms with Crippen molar-refractivity contribution >= 4 is 94.3 Å². The van der Waals surface area contributed by atoms with Crippen molar-refractivity contribution in [2.75, 3.05) is 0 Å². The maximum absolute atomic E-state index is 12.6. The summed E-state index contributed by atoms with van der Waals surface area (Å²) in [5, 5.41) is 0.851. The second kappa shape index (κ2) is 5.00. The van der Waals surface area contributed by atoms with Crippen LogP contribution >= 0.6 is 11.6 Å². The van der Waals surface area contributed by atoms with Crippen LogP contribution < -0.4 is 16.7 Å². The third-order valence-corrected chi connectivity index (χ3v) is 6.77. The van der Waals surface area contributed by atoms with E-state index in [1.54, 1.807) is 0 Å². The average Bonchev–Trinajstić information content (AvgIpc) is 2.83. The molecule has 3 nitrogen and oxygen atoms in total. The Morgan fingerprint density at radius 2 is 1.79 bits per heavy atom. The third-order valence-electron chi connectivity index (χ3n) is 6.38. The molecule has 3 rings (SSSR count). The summed E-state index contributed by atoms with van der Waals surface area (Å²) in [6.07, 6.45) is 0.879. The number of rotatable bonds is 1. The maximum atomic E-state index is 12.6. The van der Waals surface area contributed by atoms with Gasteiger partial charge in [0.25, 0.3) is 0 Å². The molecule has 0 saturated heterocycles. The number of hydrogen-bond donors (Lipinski definition) is 2. The van der Waals surface area contributed by atoms with Crippen LogP contribution in [0.2, 0.25) is 10.2 Å². The lowest BCUT2D eigenvalue weighted by Crippen LogP contribution is -2.58.